The number of anilines is 1. The number of benzene rings is 2. The van der Waals surface area contributed by atoms with Crippen molar-refractivity contribution in [1.29, 1.82) is 0 Å². The summed E-state index contributed by atoms with van der Waals surface area (Å²) in [6.07, 6.45) is 1.58. The zero-order valence-corrected chi connectivity index (χ0v) is 19.0. The van der Waals surface area contributed by atoms with Crippen molar-refractivity contribution in [3.8, 4) is 16.2 Å². The van der Waals surface area contributed by atoms with Gasteiger partial charge >= 0.3 is 0 Å². The van der Waals surface area contributed by atoms with E-state index in [0.29, 0.717) is 18.8 Å². The normalized spacial score (nSPS) is 14.1. The molecular weight excluding hydrogens is 440 g/mol. The minimum Gasteiger partial charge on any atom is -0.508 e. The lowest BCUT2D eigenvalue weighted by Crippen LogP contribution is -2.49. The van der Waals surface area contributed by atoms with Gasteiger partial charge in [-0.3, -0.25) is 4.79 Å². The van der Waals surface area contributed by atoms with Gasteiger partial charge in [0.2, 0.25) is 5.91 Å². The average Bonchev–Trinajstić information content (AvgIpc) is 3.29. The summed E-state index contributed by atoms with van der Waals surface area (Å²) < 4.78 is 0. The summed E-state index contributed by atoms with van der Waals surface area (Å²) in [7, 11) is 0. The zero-order valence-electron chi connectivity index (χ0n) is 17.3. The number of fused-ring (bicyclic) bond motifs is 1. The summed E-state index contributed by atoms with van der Waals surface area (Å²) in [5.41, 5.74) is 2.23. The molecule has 0 atom stereocenters. The lowest BCUT2D eigenvalue weighted by atomic mass is 10.2. The van der Waals surface area contributed by atoms with E-state index in [2.05, 4.69) is 33.1 Å². The number of aromatic hydroxyl groups is 1. The van der Waals surface area contributed by atoms with E-state index in [4.69, 9.17) is 0 Å². The van der Waals surface area contributed by atoms with Crippen molar-refractivity contribution in [3.63, 3.8) is 0 Å². The Labute approximate surface area is 194 Å². The lowest BCUT2D eigenvalue weighted by Gasteiger charge is -2.36. The second kappa shape index (κ2) is 9.18. The van der Waals surface area contributed by atoms with E-state index in [1.165, 1.54) is 11.8 Å². The van der Waals surface area contributed by atoms with Gasteiger partial charge in [0.15, 0.2) is 0 Å². The molecule has 0 aliphatic carbocycles. The van der Waals surface area contributed by atoms with Crippen LogP contribution in [0.1, 0.15) is 0 Å². The van der Waals surface area contributed by atoms with Gasteiger partial charge in [0.25, 0.3) is 0 Å². The summed E-state index contributed by atoms with van der Waals surface area (Å²) in [6.45, 7) is 2.94. The van der Waals surface area contributed by atoms with Crippen LogP contribution in [0.5, 0.6) is 5.75 Å². The highest BCUT2D eigenvalue weighted by molar-refractivity contribution is 8.00. The quantitative estimate of drug-likeness (QED) is 0.348. The second-order valence-electron chi connectivity index (χ2n) is 7.55. The maximum Gasteiger partial charge on any atom is 0.233 e. The average molecular weight is 463 g/mol. The highest BCUT2D eigenvalue weighted by Crippen LogP contribution is 2.36. The van der Waals surface area contributed by atoms with Crippen LogP contribution < -0.4 is 4.90 Å². The summed E-state index contributed by atoms with van der Waals surface area (Å²) in [5, 5.41) is 11.3. The molecule has 5 rings (SSSR count). The fourth-order valence-corrected chi connectivity index (χ4v) is 5.74. The van der Waals surface area contributed by atoms with Crippen LogP contribution in [0, 0.1) is 0 Å². The SMILES string of the molecule is O=C(CSc1ncnc2sc(-c3ccccc3)cc12)N1CCN(c2ccc(O)cc2)CC1. The molecule has 2 aromatic heterocycles. The minimum atomic E-state index is 0.130. The number of nitrogens with zero attached hydrogens (tertiary/aromatic N) is 4. The Morgan fingerprint density at radius 3 is 2.50 bits per heavy atom. The number of aromatic nitrogens is 2. The van der Waals surface area contributed by atoms with Crippen molar-refractivity contribution < 1.29 is 9.90 Å². The molecule has 6 nitrogen and oxygen atoms in total. The molecule has 1 aliphatic rings. The van der Waals surface area contributed by atoms with Crippen LogP contribution in [-0.2, 0) is 4.79 Å². The minimum absolute atomic E-state index is 0.130. The molecule has 162 valence electrons. The number of amides is 1. The highest BCUT2D eigenvalue weighted by Gasteiger charge is 2.22. The van der Waals surface area contributed by atoms with E-state index in [1.54, 1.807) is 29.8 Å². The molecule has 3 heterocycles. The van der Waals surface area contributed by atoms with Crippen molar-refractivity contribution in [1.82, 2.24) is 14.9 Å². The van der Waals surface area contributed by atoms with Crippen molar-refractivity contribution in [3.05, 3.63) is 67.0 Å². The number of hydrogen-bond acceptors (Lipinski definition) is 7. The molecule has 0 bridgehead atoms. The third-order valence-electron chi connectivity index (χ3n) is 5.53. The van der Waals surface area contributed by atoms with Crippen LogP contribution in [0.2, 0.25) is 0 Å². The molecule has 8 heteroatoms. The highest BCUT2D eigenvalue weighted by atomic mass is 32.2. The first-order valence-corrected chi connectivity index (χ1v) is 12.2. The van der Waals surface area contributed by atoms with E-state index in [0.717, 1.165) is 44.5 Å². The van der Waals surface area contributed by atoms with Gasteiger partial charge in [0, 0.05) is 42.1 Å². The Morgan fingerprint density at radius 2 is 1.75 bits per heavy atom. The number of carbonyl (C=O) groups excluding carboxylic acids is 1. The molecule has 1 fully saturated rings. The number of phenols is 1. The molecule has 1 aliphatic heterocycles. The van der Waals surface area contributed by atoms with Gasteiger partial charge in [-0.15, -0.1) is 11.3 Å². The van der Waals surface area contributed by atoms with Crippen molar-refractivity contribution in [2.24, 2.45) is 0 Å². The van der Waals surface area contributed by atoms with Gasteiger partial charge in [0.1, 0.15) is 21.9 Å². The zero-order chi connectivity index (χ0) is 21.9. The van der Waals surface area contributed by atoms with E-state index in [1.807, 2.05) is 35.2 Å². The Bertz CT molecular complexity index is 1220. The van der Waals surface area contributed by atoms with Gasteiger partial charge in [-0.1, -0.05) is 42.1 Å². The van der Waals surface area contributed by atoms with E-state index < -0.39 is 0 Å². The predicted octanol–water partition coefficient (Wildman–Crippen LogP) is 4.50. The maximum atomic E-state index is 12.8. The first kappa shape index (κ1) is 20.8. The standard InChI is InChI=1S/C24H22N4O2S2/c29-19-8-6-18(7-9-19)27-10-12-28(13-11-27)22(30)15-31-23-20-14-21(17-4-2-1-3-5-17)32-24(20)26-16-25-23/h1-9,14,16,29H,10-13,15H2. The molecule has 1 N–H and O–H groups in total. The fourth-order valence-electron chi connectivity index (χ4n) is 3.79. The molecule has 32 heavy (non-hydrogen) atoms. The monoisotopic (exact) mass is 462 g/mol. The summed E-state index contributed by atoms with van der Waals surface area (Å²) in [4.78, 5) is 28.0. The van der Waals surface area contributed by atoms with E-state index >= 15 is 0 Å². The molecule has 0 saturated carbocycles. The van der Waals surface area contributed by atoms with Crippen molar-refractivity contribution in [2.75, 3.05) is 36.8 Å². The van der Waals surface area contributed by atoms with Crippen molar-refractivity contribution >= 4 is 44.9 Å². The largest absolute Gasteiger partial charge is 0.508 e. The number of thioether (sulfide) groups is 1. The van der Waals surface area contributed by atoms with E-state index in [-0.39, 0.29) is 11.7 Å². The molecule has 1 amide bonds. The predicted molar refractivity (Wildman–Crippen MR) is 130 cm³/mol. The lowest BCUT2D eigenvalue weighted by molar-refractivity contribution is -0.128. The Morgan fingerprint density at radius 1 is 1.00 bits per heavy atom. The molecule has 0 unspecified atom stereocenters. The molecule has 2 aromatic carbocycles. The Balaban J connectivity index is 1.22. The second-order valence-corrected chi connectivity index (χ2v) is 9.54. The summed E-state index contributed by atoms with van der Waals surface area (Å²) >= 11 is 3.13. The number of thiophene rings is 1. The van der Waals surface area contributed by atoms with Gasteiger partial charge in [-0.2, -0.15) is 0 Å². The third-order valence-corrected chi connectivity index (χ3v) is 7.61. The van der Waals surface area contributed by atoms with Crippen LogP contribution in [0.25, 0.3) is 20.7 Å². The summed E-state index contributed by atoms with van der Waals surface area (Å²) in [6, 6.07) is 19.6. The number of rotatable bonds is 5. The summed E-state index contributed by atoms with van der Waals surface area (Å²) in [5.74, 6) is 0.757. The van der Waals surface area contributed by atoms with Gasteiger partial charge in [-0.25, -0.2) is 9.97 Å². The van der Waals surface area contributed by atoms with Gasteiger partial charge in [0.05, 0.1) is 5.75 Å². The van der Waals surface area contributed by atoms with E-state index in [9.17, 15) is 9.90 Å². The van der Waals surface area contributed by atoms with Gasteiger partial charge < -0.3 is 14.9 Å². The van der Waals surface area contributed by atoms with Crippen LogP contribution >= 0.6 is 23.1 Å². The molecule has 0 spiro atoms. The molecule has 0 radical (unpaired) electrons. The topological polar surface area (TPSA) is 69.6 Å². The first-order valence-electron chi connectivity index (χ1n) is 10.4. The molecule has 1 saturated heterocycles. The van der Waals surface area contributed by atoms with Crippen LogP contribution in [0.3, 0.4) is 0 Å². The number of hydrogen-bond donors (Lipinski definition) is 1. The maximum absolute atomic E-state index is 12.8. The van der Waals surface area contributed by atoms with Crippen molar-refractivity contribution in [2.45, 2.75) is 5.03 Å². The van der Waals surface area contributed by atoms with Crippen LogP contribution in [-0.4, -0.2) is 57.8 Å². The Kier molecular flexibility index (Phi) is 5.96. The molecule has 4 aromatic rings. The third kappa shape index (κ3) is 4.42. The molecular formula is C24H22N4O2S2. The number of piperazine rings is 1. The first-order chi connectivity index (χ1) is 15.7. The number of carbonyl (C=O) groups is 1. The smallest absolute Gasteiger partial charge is 0.233 e. The van der Waals surface area contributed by atoms with Gasteiger partial charge in [-0.05, 0) is 35.9 Å². The van der Waals surface area contributed by atoms with Crippen LogP contribution in [0.4, 0.5) is 5.69 Å². The Hall–Kier alpha value is -3.10. The number of phenolic OH excluding ortho intramolecular Hbond substituents is 1. The van der Waals surface area contributed by atoms with Crippen LogP contribution in [0.15, 0.2) is 72.0 Å². The fraction of sp³-hybridized carbons (Fsp3) is 0.208.